The van der Waals surface area contributed by atoms with Crippen LogP contribution in [0.4, 0.5) is 5.69 Å². The Morgan fingerprint density at radius 2 is 1.83 bits per heavy atom. The van der Waals surface area contributed by atoms with Crippen LogP contribution in [-0.2, 0) is 11.3 Å². The summed E-state index contributed by atoms with van der Waals surface area (Å²) in [6.07, 6.45) is 3.35. The Hall–Kier alpha value is -3.87. The number of anilines is 1. The molecule has 0 bridgehead atoms. The molecule has 0 spiro atoms. The molecule has 0 aliphatic rings. The summed E-state index contributed by atoms with van der Waals surface area (Å²) in [6.45, 7) is 0.146. The Bertz CT molecular complexity index is 977. The van der Waals surface area contributed by atoms with Crippen LogP contribution in [0.15, 0.2) is 73.1 Å². The molecule has 148 valence electrons. The van der Waals surface area contributed by atoms with Crippen molar-refractivity contribution in [2.24, 2.45) is 0 Å². The first-order valence-corrected chi connectivity index (χ1v) is 8.98. The number of nitrogens with zero attached hydrogens (tertiary/aromatic N) is 1. The lowest BCUT2D eigenvalue weighted by Gasteiger charge is -2.12. The number of ether oxygens (including phenoxy) is 2. The van der Waals surface area contributed by atoms with Crippen molar-refractivity contribution in [2.75, 3.05) is 19.0 Å². The fraction of sp³-hybridized carbons (Fsp3) is 0.136. The Balaban J connectivity index is 1.59. The molecular formula is C22H21N3O4. The van der Waals surface area contributed by atoms with Crippen molar-refractivity contribution >= 4 is 17.5 Å². The van der Waals surface area contributed by atoms with E-state index in [0.29, 0.717) is 29.3 Å². The van der Waals surface area contributed by atoms with E-state index in [2.05, 4.69) is 15.6 Å². The van der Waals surface area contributed by atoms with E-state index >= 15 is 0 Å². The van der Waals surface area contributed by atoms with Gasteiger partial charge in [-0.25, -0.2) is 0 Å². The van der Waals surface area contributed by atoms with Crippen LogP contribution in [0.2, 0.25) is 0 Å². The number of benzene rings is 2. The summed E-state index contributed by atoms with van der Waals surface area (Å²) < 4.78 is 10.6. The van der Waals surface area contributed by atoms with Crippen molar-refractivity contribution in [1.29, 1.82) is 0 Å². The number of methoxy groups -OCH3 is 1. The van der Waals surface area contributed by atoms with Gasteiger partial charge in [0.05, 0.1) is 18.4 Å². The fourth-order valence-corrected chi connectivity index (χ4v) is 2.60. The van der Waals surface area contributed by atoms with Crippen LogP contribution in [0.5, 0.6) is 11.5 Å². The van der Waals surface area contributed by atoms with Crippen molar-refractivity contribution in [2.45, 2.75) is 6.54 Å². The van der Waals surface area contributed by atoms with Gasteiger partial charge in [0, 0.05) is 25.0 Å². The molecule has 0 aliphatic heterocycles. The lowest BCUT2D eigenvalue weighted by molar-refractivity contribution is -0.118. The average molecular weight is 391 g/mol. The van der Waals surface area contributed by atoms with Crippen LogP contribution in [-0.4, -0.2) is 30.5 Å². The summed E-state index contributed by atoms with van der Waals surface area (Å²) in [5.41, 5.74) is 1.66. The molecule has 0 atom stereocenters. The van der Waals surface area contributed by atoms with Gasteiger partial charge in [0.25, 0.3) is 11.8 Å². The molecule has 1 heterocycles. The van der Waals surface area contributed by atoms with Gasteiger partial charge in [0.15, 0.2) is 6.61 Å². The van der Waals surface area contributed by atoms with Crippen LogP contribution in [0.25, 0.3) is 0 Å². The van der Waals surface area contributed by atoms with Crippen LogP contribution >= 0.6 is 0 Å². The second-order valence-corrected chi connectivity index (χ2v) is 6.11. The molecule has 0 saturated carbocycles. The van der Waals surface area contributed by atoms with Crippen molar-refractivity contribution in [3.63, 3.8) is 0 Å². The summed E-state index contributed by atoms with van der Waals surface area (Å²) in [7, 11) is 1.56. The van der Waals surface area contributed by atoms with Crippen molar-refractivity contribution in [3.05, 3.63) is 84.2 Å². The van der Waals surface area contributed by atoms with Crippen LogP contribution in [0.1, 0.15) is 15.9 Å². The first-order valence-electron chi connectivity index (χ1n) is 8.98. The average Bonchev–Trinajstić information content (AvgIpc) is 2.77. The summed E-state index contributed by atoms with van der Waals surface area (Å²) in [5, 5.41) is 5.54. The highest BCUT2D eigenvalue weighted by atomic mass is 16.5. The standard InChI is InChI=1S/C22H21N3O4/c1-28-17-7-4-8-18(12-17)29-15-21(26)25-20-10-3-2-9-19(20)22(27)24-14-16-6-5-11-23-13-16/h2-13H,14-15H2,1H3,(H,24,27)(H,25,26). The lowest BCUT2D eigenvalue weighted by Crippen LogP contribution is -2.26. The van der Waals surface area contributed by atoms with Gasteiger partial charge in [-0.3, -0.25) is 14.6 Å². The Kier molecular flexibility index (Phi) is 6.78. The maximum Gasteiger partial charge on any atom is 0.262 e. The van der Waals surface area contributed by atoms with Gasteiger partial charge in [0.1, 0.15) is 11.5 Å². The number of rotatable bonds is 8. The molecule has 7 heteroatoms. The quantitative estimate of drug-likeness (QED) is 0.616. The summed E-state index contributed by atoms with van der Waals surface area (Å²) in [4.78, 5) is 28.8. The largest absolute Gasteiger partial charge is 0.497 e. The molecule has 2 amide bonds. The second kappa shape index (κ2) is 9.89. The zero-order valence-corrected chi connectivity index (χ0v) is 15.9. The van der Waals surface area contributed by atoms with E-state index in [1.165, 1.54) is 0 Å². The normalized spacial score (nSPS) is 10.1. The van der Waals surface area contributed by atoms with Crippen LogP contribution in [0.3, 0.4) is 0 Å². The number of hydrogen-bond acceptors (Lipinski definition) is 5. The zero-order valence-electron chi connectivity index (χ0n) is 15.9. The Labute approximate surface area is 168 Å². The minimum Gasteiger partial charge on any atom is -0.497 e. The third-order valence-electron chi connectivity index (χ3n) is 4.03. The molecule has 7 nitrogen and oxygen atoms in total. The van der Waals surface area contributed by atoms with E-state index < -0.39 is 0 Å². The molecule has 2 N–H and O–H groups in total. The zero-order chi connectivity index (χ0) is 20.5. The number of carbonyl (C=O) groups is 2. The highest BCUT2D eigenvalue weighted by Gasteiger charge is 2.13. The van der Waals surface area contributed by atoms with Gasteiger partial charge in [-0.2, -0.15) is 0 Å². The van der Waals surface area contributed by atoms with E-state index in [-0.39, 0.29) is 18.4 Å². The number of amides is 2. The summed E-state index contributed by atoms with van der Waals surface area (Å²) in [5.74, 6) is 0.485. The number of hydrogen-bond donors (Lipinski definition) is 2. The number of para-hydroxylation sites is 1. The molecule has 0 fully saturated rings. The fourth-order valence-electron chi connectivity index (χ4n) is 2.60. The van der Waals surface area contributed by atoms with Crippen LogP contribution in [0, 0.1) is 0 Å². The molecule has 29 heavy (non-hydrogen) atoms. The molecule has 0 unspecified atom stereocenters. The van der Waals surface area contributed by atoms with E-state index in [0.717, 1.165) is 5.56 Å². The molecule has 0 radical (unpaired) electrons. The van der Waals surface area contributed by atoms with Gasteiger partial charge in [0.2, 0.25) is 0 Å². The van der Waals surface area contributed by atoms with E-state index in [4.69, 9.17) is 9.47 Å². The number of pyridine rings is 1. The third-order valence-corrected chi connectivity index (χ3v) is 4.03. The Morgan fingerprint density at radius 1 is 1.00 bits per heavy atom. The highest BCUT2D eigenvalue weighted by molar-refractivity contribution is 6.04. The lowest BCUT2D eigenvalue weighted by atomic mass is 10.1. The predicted octanol–water partition coefficient (Wildman–Crippen LogP) is 3.04. The highest BCUT2D eigenvalue weighted by Crippen LogP contribution is 2.19. The van der Waals surface area contributed by atoms with Gasteiger partial charge in [-0.1, -0.05) is 24.3 Å². The van der Waals surface area contributed by atoms with Gasteiger partial charge >= 0.3 is 0 Å². The molecule has 0 saturated heterocycles. The molecule has 2 aromatic carbocycles. The first-order chi connectivity index (χ1) is 14.2. The maximum atomic E-state index is 12.5. The van der Waals surface area contributed by atoms with Crippen molar-refractivity contribution in [1.82, 2.24) is 10.3 Å². The first kappa shape index (κ1) is 19.9. The number of nitrogens with one attached hydrogen (secondary N) is 2. The predicted molar refractivity (Wildman–Crippen MR) is 109 cm³/mol. The summed E-state index contributed by atoms with van der Waals surface area (Å²) >= 11 is 0. The molecule has 3 rings (SSSR count). The molecule has 3 aromatic rings. The van der Waals surface area contributed by atoms with Gasteiger partial charge in [-0.05, 0) is 35.9 Å². The summed E-state index contributed by atoms with van der Waals surface area (Å²) in [6, 6.07) is 17.5. The number of carbonyl (C=O) groups excluding carboxylic acids is 2. The van der Waals surface area contributed by atoms with E-state index in [1.54, 1.807) is 74.1 Å². The third kappa shape index (κ3) is 5.80. The molecule has 1 aromatic heterocycles. The topological polar surface area (TPSA) is 89.5 Å². The number of aromatic nitrogens is 1. The van der Waals surface area contributed by atoms with Crippen molar-refractivity contribution in [3.8, 4) is 11.5 Å². The maximum absolute atomic E-state index is 12.5. The Morgan fingerprint density at radius 3 is 2.62 bits per heavy atom. The van der Waals surface area contributed by atoms with Crippen molar-refractivity contribution < 1.29 is 19.1 Å². The minimum atomic E-state index is -0.375. The van der Waals surface area contributed by atoms with Crippen LogP contribution < -0.4 is 20.1 Å². The second-order valence-electron chi connectivity index (χ2n) is 6.11. The van der Waals surface area contributed by atoms with Gasteiger partial charge < -0.3 is 20.1 Å². The van der Waals surface area contributed by atoms with Gasteiger partial charge in [-0.15, -0.1) is 0 Å². The smallest absolute Gasteiger partial charge is 0.262 e. The monoisotopic (exact) mass is 391 g/mol. The molecule has 0 aliphatic carbocycles. The van der Waals surface area contributed by atoms with E-state index in [1.807, 2.05) is 6.07 Å². The SMILES string of the molecule is COc1cccc(OCC(=O)Nc2ccccc2C(=O)NCc2cccnc2)c1. The molecular weight excluding hydrogens is 370 g/mol. The minimum absolute atomic E-state index is 0.196. The van der Waals surface area contributed by atoms with E-state index in [9.17, 15) is 9.59 Å².